The van der Waals surface area contributed by atoms with E-state index < -0.39 is 11.5 Å². The highest BCUT2D eigenvalue weighted by Gasteiger charge is 2.51. The third-order valence-electron chi connectivity index (χ3n) is 6.83. The van der Waals surface area contributed by atoms with Crippen molar-refractivity contribution in [3.05, 3.63) is 12.1 Å². The molecule has 1 atom stereocenters. The molecule has 1 aliphatic carbocycles. The number of hydrogen-bond acceptors (Lipinski definition) is 6. The van der Waals surface area contributed by atoms with Crippen LogP contribution < -0.4 is 15.0 Å². The van der Waals surface area contributed by atoms with Crippen LogP contribution in [0.2, 0.25) is 0 Å². The number of rotatable bonds is 4. The number of aromatic nitrogens is 1. The summed E-state index contributed by atoms with van der Waals surface area (Å²) in [6.07, 6.45) is 4.31. The van der Waals surface area contributed by atoms with E-state index >= 15 is 0 Å². The van der Waals surface area contributed by atoms with Gasteiger partial charge < -0.3 is 24.7 Å². The van der Waals surface area contributed by atoms with Crippen molar-refractivity contribution in [3.8, 4) is 5.88 Å². The van der Waals surface area contributed by atoms with Gasteiger partial charge in [0, 0.05) is 31.7 Å². The van der Waals surface area contributed by atoms with E-state index in [0.29, 0.717) is 30.5 Å². The lowest BCUT2D eigenvalue weighted by atomic mass is 9.78. The molecule has 2 amide bonds. The molecule has 3 aliphatic rings. The molecule has 0 radical (unpaired) electrons. The number of likely N-dealkylation sites (tertiary alicyclic amines) is 1. The first-order valence-corrected chi connectivity index (χ1v) is 10.7. The molecule has 3 fully saturated rings. The summed E-state index contributed by atoms with van der Waals surface area (Å²) in [4.78, 5) is 33.3. The van der Waals surface area contributed by atoms with Gasteiger partial charge in [-0.25, -0.2) is 4.79 Å². The van der Waals surface area contributed by atoms with E-state index in [0.717, 1.165) is 51.5 Å². The highest BCUT2D eigenvalue weighted by Crippen LogP contribution is 2.44. The summed E-state index contributed by atoms with van der Waals surface area (Å²) in [5.74, 6) is 1.10. The maximum atomic E-state index is 13.5. The number of carbonyl (C=O) groups is 2. The number of pyridine rings is 1. The van der Waals surface area contributed by atoms with Gasteiger partial charge in [0.2, 0.25) is 11.8 Å². The summed E-state index contributed by atoms with van der Waals surface area (Å²) in [6.45, 7) is 1.98. The normalized spacial score (nSPS) is 29.3. The number of methoxy groups -OCH3 is 1. The quantitative estimate of drug-likeness (QED) is 0.687. The first kappa shape index (κ1) is 20.7. The Balaban J connectivity index is 1.55. The van der Waals surface area contributed by atoms with E-state index in [2.05, 4.69) is 10.3 Å². The molecule has 0 bridgehead atoms. The Labute approximate surface area is 176 Å². The van der Waals surface area contributed by atoms with E-state index in [1.807, 2.05) is 9.80 Å². The number of carboxylic acid groups (broad SMARTS) is 1. The highest BCUT2D eigenvalue weighted by molar-refractivity contribution is 5.89. The number of aliphatic hydroxyl groups is 1. The van der Waals surface area contributed by atoms with E-state index in [1.165, 1.54) is 7.11 Å². The Morgan fingerprint density at radius 1 is 1.23 bits per heavy atom. The number of carbonyl (C=O) groups excluding carboxylic acids is 1. The van der Waals surface area contributed by atoms with Crippen LogP contribution >= 0.6 is 0 Å². The number of aliphatic hydroxyl groups excluding tert-OH is 1. The van der Waals surface area contributed by atoms with Crippen molar-refractivity contribution in [1.82, 2.24) is 9.88 Å². The van der Waals surface area contributed by atoms with E-state index in [1.54, 1.807) is 12.1 Å². The Kier molecular flexibility index (Phi) is 5.73. The van der Waals surface area contributed by atoms with Crippen LogP contribution in [0.1, 0.15) is 44.9 Å². The van der Waals surface area contributed by atoms with Gasteiger partial charge in [-0.15, -0.1) is 0 Å². The minimum Gasteiger partial charge on any atom is -0.481 e. The van der Waals surface area contributed by atoms with Crippen molar-refractivity contribution < 1.29 is 24.5 Å². The van der Waals surface area contributed by atoms with Crippen LogP contribution in [0.15, 0.2) is 12.1 Å². The second-order valence-electron chi connectivity index (χ2n) is 8.67. The maximum absolute atomic E-state index is 13.5. The Morgan fingerprint density at radius 2 is 2.00 bits per heavy atom. The van der Waals surface area contributed by atoms with Crippen LogP contribution in [0.4, 0.5) is 16.3 Å². The van der Waals surface area contributed by atoms with Gasteiger partial charge in [-0.3, -0.25) is 10.1 Å². The van der Waals surface area contributed by atoms with Gasteiger partial charge in [0.05, 0.1) is 24.3 Å². The fourth-order valence-corrected chi connectivity index (χ4v) is 5.26. The first-order chi connectivity index (χ1) is 14.4. The van der Waals surface area contributed by atoms with E-state index in [4.69, 9.17) is 4.74 Å². The van der Waals surface area contributed by atoms with Crippen molar-refractivity contribution in [2.45, 2.75) is 57.1 Å². The average Bonchev–Trinajstić information content (AvgIpc) is 3.04. The van der Waals surface area contributed by atoms with Crippen LogP contribution in [0.5, 0.6) is 5.88 Å². The number of amides is 2. The number of piperidine rings is 1. The van der Waals surface area contributed by atoms with Crippen molar-refractivity contribution in [3.63, 3.8) is 0 Å². The van der Waals surface area contributed by atoms with Gasteiger partial charge in [-0.2, -0.15) is 4.98 Å². The lowest BCUT2D eigenvalue weighted by molar-refractivity contribution is -0.139. The summed E-state index contributed by atoms with van der Waals surface area (Å²) >= 11 is 0. The number of anilines is 2. The van der Waals surface area contributed by atoms with Crippen molar-refractivity contribution in [1.29, 1.82) is 0 Å². The third-order valence-corrected chi connectivity index (χ3v) is 6.83. The second kappa shape index (κ2) is 8.29. The number of hydrogen-bond donors (Lipinski definition) is 3. The summed E-state index contributed by atoms with van der Waals surface area (Å²) in [5, 5.41) is 21.4. The molecule has 2 saturated heterocycles. The molecule has 30 heavy (non-hydrogen) atoms. The zero-order chi connectivity index (χ0) is 21.3. The van der Waals surface area contributed by atoms with Gasteiger partial charge in [0.25, 0.3) is 0 Å². The topological polar surface area (TPSA) is 115 Å². The van der Waals surface area contributed by atoms with Crippen LogP contribution in [0.3, 0.4) is 0 Å². The summed E-state index contributed by atoms with van der Waals surface area (Å²) in [7, 11) is 1.52. The van der Waals surface area contributed by atoms with Crippen molar-refractivity contribution in [2.75, 3.05) is 37.0 Å². The molecular weight excluding hydrogens is 388 g/mol. The minimum atomic E-state index is -1.16. The standard InChI is InChI=1S/C21H30N4O5/c1-30-17-8-7-16(22-20(28)29)18(23-17)24-11-2-9-21(13-24)10-12-25(19(21)27)14-3-5-15(26)6-4-14/h7-8,14-15,22,26H,2-6,9-13H2,1H3,(H,28,29)/t14-,15-,21-/m0/s1. The predicted molar refractivity (Wildman–Crippen MR) is 111 cm³/mol. The molecule has 1 aromatic heterocycles. The van der Waals surface area contributed by atoms with Gasteiger partial charge in [-0.1, -0.05) is 0 Å². The fraction of sp³-hybridized carbons (Fsp3) is 0.667. The van der Waals surface area contributed by atoms with Crippen LogP contribution in [0.25, 0.3) is 0 Å². The molecule has 1 spiro atoms. The van der Waals surface area contributed by atoms with Gasteiger partial charge in [0.1, 0.15) is 0 Å². The smallest absolute Gasteiger partial charge is 0.409 e. The van der Waals surface area contributed by atoms with Gasteiger partial charge >= 0.3 is 6.09 Å². The largest absolute Gasteiger partial charge is 0.481 e. The lowest BCUT2D eigenvalue weighted by Gasteiger charge is -2.41. The molecular formula is C21H30N4O5. The monoisotopic (exact) mass is 418 g/mol. The summed E-state index contributed by atoms with van der Waals surface area (Å²) in [5.41, 5.74) is -0.0662. The predicted octanol–water partition coefficient (Wildman–Crippen LogP) is 2.30. The molecule has 164 valence electrons. The molecule has 1 saturated carbocycles. The van der Waals surface area contributed by atoms with Crippen LogP contribution in [0, 0.1) is 5.41 Å². The number of nitrogens with one attached hydrogen (secondary N) is 1. The van der Waals surface area contributed by atoms with E-state index in [-0.39, 0.29) is 18.1 Å². The van der Waals surface area contributed by atoms with Crippen LogP contribution in [-0.4, -0.2) is 71.0 Å². The molecule has 9 nitrogen and oxygen atoms in total. The molecule has 3 N–H and O–H groups in total. The highest BCUT2D eigenvalue weighted by atomic mass is 16.5. The Hall–Kier alpha value is -2.55. The average molecular weight is 418 g/mol. The Morgan fingerprint density at radius 3 is 2.70 bits per heavy atom. The first-order valence-electron chi connectivity index (χ1n) is 10.7. The van der Waals surface area contributed by atoms with E-state index in [9.17, 15) is 19.8 Å². The summed E-state index contributed by atoms with van der Waals surface area (Å²) in [6, 6.07) is 3.48. The zero-order valence-corrected chi connectivity index (χ0v) is 17.3. The third kappa shape index (κ3) is 3.90. The SMILES string of the molecule is COc1ccc(NC(=O)O)c(N2CCC[C@]3(CCN([C@H]4CC[C@H](O)CC4)C3=O)C2)n1. The molecule has 2 aliphatic heterocycles. The maximum Gasteiger partial charge on any atom is 0.409 e. The second-order valence-corrected chi connectivity index (χ2v) is 8.67. The molecule has 1 aromatic rings. The zero-order valence-electron chi connectivity index (χ0n) is 17.3. The molecule has 0 unspecified atom stereocenters. The summed E-state index contributed by atoms with van der Waals surface area (Å²) < 4.78 is 5.24. The fourth-order valence-electron chi connectivity index (χ4n) is 5.26. The van der Waals surface area contributed by atoms with Gasteiger partial charge in [-0.05, 0) is 51.0 Å². The molecule has 4 rings (SSSR count). The number of nitrogens with zero attached hydrogens (tertiary/aromatic N) is 3. The molecule has 9 heteroatoms. The van der Waals surface area contributed by atoms with Crippen LogP contribution in [-0.2, 0) is 4.79 Å². The molecule has 3 heterocycles. The minimum absolute atomic E-state index is 0.198. The number of ether oxygens (including phenoxy) is 1. The Bertz CT molecular complexity index is 811. The lowest BCUT2D eigenvalue weighted by Crippen LogP contribution is -2.50. The van der Waals surface area contributed by atoms with Crippen molar-refractivity contribution in [2.24, 2.45) is 5.41 Å². The van der Waals surface area contributed by atoms with Gasteiger partial charge in [0.15, 0.2) is 5.82 Å². The molecule has 0 aromatic carbocycles. The van der Waals surface area contributed by atoms with Crippen molar-refractivity contribution >= 4 is 23.5 Å².